The molecule has 1 saturated heterocycles. The predicted molar refractivity (Wildman–Crippen MR) is 138 cm³/mol. The van der Waals surface area contributed by atoms with Gasteiger partial charge in [0.2, 0.25) is 0 Å². The number of carbonyl (C=O) groups is 1. The van der Waals surface area contributed by atoms with Crippen LogP contribution in [0.1, 0.15) is 25.6 Å². The summed E-state index contributed by atoms with van der Waals surface area (Å²) in [5.41, 5.74) is 2.91. The normalized spacial score (nSPS) is 14.2. The van der Waals surface area contributed by atoms with Crippen molar-refractivity contribution in [2.24, 2.45) is 0 Å². The van der Waals surface area contributed by atoms with E-state index in [0.717, 1.165) is 59.8 Å². The third-order valence-corrected chi connectivity index (χ3v) is 6.31. The lowest BCUT2D eigenvalue weighted by atomic mass is 10.1. The van der Waals surface area contributed by atoms with E-state index in [9.17, 15) is 4.79 Å². The topological polar surface area (TPSA) is 87.4 Å². The smallest absolute Gasteiger partial charge is 0.321 e. The first-order valence-electron chi connectivity index (χ1n) is 11.9. The number of aryl methyl sites for hydroxylation is 1. The van der Waals surface area contributed by atoms with Gasteiger partial charge >= 0.3 is 6.03 Å². The van der Waals surface area contributed by atoms with Crippen LogP contribution in [0.25, 0.3) is 22.4 Å². The lowest BCUT2D eigenvalue weighted by molar-refractivity contribution is 0.215. The zero-order chi connectivity index (χ0) is 24.2. The van der Waals surface area contributed by atoms with Gasteiger partial charge in [0.05, 0.1) is 0 Å². The van der Waals surface area contributed by atoms with Gasteiger partial charge in [-0.05, 0) is 37.1 Å². The van der Waals surface area contributed by atoms with E-state index in [1.165, 1.54) is 0 Å². The van der Waals surface area contributed by atoms with E-state index in [2.05, 4.69) is 27.3 Å². The zero-order valence-electron chi connectivity index (χ0n) is 19.6. The van der Waals surface area contributed by atoms with Gasteiger partial charge in [-0.2, -0.15) is 4.98 Å². The molecule has 0 bridgehead atoms. The minimum atomic E-state index is -0.122. The number of nitrogens with zero attached hydrogens (tertiary/aromatic N) is 5. The Labute approximate surface area is 208 Å². The lowest BCUT2D eigenvalue weighted by Crippen LogP contribution is -2.38. The molecule has 35 heavy (non-hydrogen) atoms. The molecule has 9 heteroatoms. The van der Waals surface area contributed by atoms with Crippen molar-refractivity contribution in [2.75, 3.05) is 36.4 Å². The number of nitrogens with one attached hydrogen (secondary N) is 1. The van der Waals surface area contributed by atoms with E-state index in [0.29, 0.717) is 30.4 Å². The summed E-state index contributed by atoms with van der Waals surface area (Å²) in [4.78, 5) is 26.6. The van der Waals surface area contributed by atoms with Crippen molar-refractivity contribution in [1.29, 1.82) is 0 Å². The van der Waals surface area contributed by atoms with Crippen LogP contribution < -0.4 is 10.2 Å². The largest absolute Gasteiger partial charge is 0.354 e. The maximum absolute atomic E-state index is 12.9. The number of carbonyl (C=O) groups excluding carboxylic acids is 1. The number of hydrogen-bond donors (Lipinski definition) is 1. The molecular formula is C26H27ClN6O2. The maximum atomic E-state index is 12.9. The van der Waals surface area contributed by atoms with Crippen LogP contribution >= 0.6 is 11.6 Å². The van der Waals surface area contributed by atoms with Gasteiger partial charge in [-0.3, -0.25) is 0 Å². The van der Waals surface area contributed by atoms with E-state index >= 15 is 0 Å². The lowest BCUT2D eigenvalue weighted by Gasteiger charge is -2.24. The number of amides is 2. The summed E-state index contributed by atoms with van der Waals surface area (Å²) in [6, 6.07) is 16.9. The van der Waals surface area contributed by atoms with Crippen LogP contribution in [-0.4, -0.2) is 52.2 Å². The highest BCUT2D eigenvalue weighted by atomic mass is 35.5. The van der Waals surface area contributed by atoms with Crippen LogP contribution in [0.5, 0.6) is 0 Å². The molecule has 5 rings (SSSR count). The fraction of sp³-hybridized carbons (Fsp3) is 0.308. The fourth-order valence-electron chi connectivity index (χ4n) is 4.31. The number of hydrogen-bond acceptors (Lipinski definition) is 6. The molecule has 180 valence electrons. The summed E-state index contributed by atoms with van der Waals surface area (Å²) in [6.07, 6.45) is 2.51. The molecule has 0 atom stereocenters. The molecular weight excluding hydrogens is 464 g/mol. The van der Waals surface area contributed by atoms with Crippen molar-refractivity contribution in [3.8, 4) is 11.3 Å². The Balaban J connectivity index is 1.41. The summed E-state index contributed by atoms with van der Waals surface area (Å²) in [7, 11) is 0. The Kier molecular flexibility index (Phi) is 6.81. The Hall–Kier alpha value is -3.65. The van der Waals surface area contributed by atoms with Crippen molar-refractivity contribution < 1.29 is 9.32 Å². The van der Waals surface area contributed by atoms with E-state index in [4.69, 9.17) is 21.1 Å². The molecule has 0 spiro atoms. The summed E-state index contributed by atoms with van der Waals surface area (Å²) in [5.74, 6) is 1.56. The van der Waals surface area contributed by atoms with E-state index in [1.54, 1.807) is 24.3 Å². The van der Waals surface area contributed by atoms with Gasteiger partial charge in [0.1, 0.15) is 22.7 Å². The Bertz CT molecular complexity index is 1310. The second-order valence-electron chi connectivity index (χ2n) is 8.56. The quantitative estimate of drug-likeness (QED) is 0.390. The van der Waals surface area contributed by atoms with Gasteiger partial charge in [-0.25, -0.2) is 9.78 Å². The van der Waals surface area contributed by atoms with E-state index in [1.807, 2.05) is 35.2 Å². The molecule has 2 aromatic carbocycles. The van der Waals surface area contributed by atoms with Crippen molar-refractivity contribution in [2.45, 2.75) is 26.2 Å². The highest BCUT2D eigenvalue weighted by Gasteiger charge is 2.25. The number of fused-ring (bicyclic) bond motifs is 1. The Morgan fingerprint density at radius 2 is 1.83 bits per heavy atom. The van der Waals surface area contributed by atoms with Crippen molar-refractivity contribution in [3.05, 3.63) is 65.4 Å². The molecule has 0 radical (unpaired) electrons. The maximum Gasteiger partial charge on any atom is 0.321 e. The van der Waals surface area contributed by atoms with Crippen LogP contribution in [0.15, 0.2) is 59.1 Å². The molecule has 1 aliphatic rings. The third-order valence-electron chi connectivity index (χ3n) is 6.06. The second-order valence-corrected chi connectivity index (χ2v) is 8.99. The minimum absolute atomic E-state index is 0.122. The molecule has 2 amide bonds. The average molecular weight is 491 g/mol. The molecule has 8 nitrogen and oxygen atoms in total. The summed E-state index contributed by atoms with van der Waals surface area (Å²) < 4.78 is 5.68. The number of urea groups is 1. The number of rotatable bonds is 5. The van der Waals surface area contributed by atoms with Gasteiger partial charge in [0, 0.05) is 48.9 Å². The van der Waals surface area contributed by atoms with Gasteiger partial charge in [-0.1, -0.05) is 54.0 Å². The minimum Gasteiger partial charge on any atom is -0.354 e. The van der Waals surface area contributed by atoms with Gasteiger partial charge in [0.25, 0.3) is 5.71 Å². The van der Waals surface area contributed by atoms with Gasteiger partial charge in [0.15, 0.2) is 0 Å². The monoisotopic (exact) mass is 490 g/mol. The molecule has 0 unspecified atom stereocenters. The first-order chi connectivity index (χ1) is 17.1. The fourth-order valence-corrected chi connectivity index (χ4v) is 4.43. The van der Waals surface area contributed by atoms with E-state index < -0.39 is 0 Å². The van der Waals surface area contributed by atoms with Crippen LogP contribution in [0, 0.1) is 0 Å². The van der Waals surface area contributed by atoms with Crippen LogP contribution in [-0.2, 0) is 6.42 Å². The molecule has 2 aromatic heterocycles. The SMILES string of the molecule is CCCc1nc(N2CCCN(C(=O)Nc3ccc(Cl)cc3)CC2)c2c(-c3ccccc3)noc2n1. The van der Waals surface area contributed by atoms with Crippen LogP contribution in [0.2, 0.25) is 5.02 Å². The summed E-state index contributed by atoms with van der Waals surface area (Å²) in [6.45, 7) is 4.74. The van der Waals surface area contributed by atoms with Gasteiger partial charge < -0.3 is 19.6 Å². The number of benzene rings is 2. The van der Waals surface area contributed by atoms with Crippen LogP contribution in [0.3, 0.4) is 0 Å². The van der Waals surface area contributed by atoms with Gasteiger partial charge in [-0.15, -0.1) is 0 Å². The number of anilines is 2. The number of halogens is 1. The van der Waals surface area contributed by atoms with Crippen LogP contribution in [0.4, 0.5) is 16.3 Å². The molecule has 0 saturated carbocycles. The molecule has 1 fully saturated rings. The first kappa shape index (κ1) is 23.1. The standard InChI is InChI=1S/C26H27ClN6O2/c1-2-7-21-29-24(22-23(31-35-25(22)30-21)18-8-4-3-5-9-18)32-14-6-15-33(17-16-32)26(34)28-20-12-10-19(27)11-13-20/h3-5,8-13H,2,6-7,14-17H2,1H3,(H,28,34). The van der Waals surface area contributed by atoms with Crippen molar-refractivity contribution in [3.63, 3.8) is 0 Å². The molecule has 1 aliphatic heterocycles. The zero-order valence-corrected chi connectivity index (χ0v) is 20.3. The summed E-state index contributed by atoms with van der Waals surface area (Å²) in [5, 5.41) is 8.77. The molecule has 0 aliphatic carbocycles. The highest BCUT2D eigenvalue weighted by molar-refractivity contribution is 6.30. The second kappa shape index (κ2) is 10.3. The van der Waals surface area contributed by atoms with Crippen molar-refractivity contribution >= 4 is 40.2 Å². The Morgan fingerprint density at radius 3 is 2.60 bits per heavy atom. The molecule has 3 heterocycles. The summed E-state index contributed by atoms with van der Waals surface area (Å²) >= 11 is 5.96. The molecule has 1 N–H and O–H groups in total. The van der Waals surface area contributed by atoms with Crippen molar-refractivity contribution in [1.82, 2.24) is 20.0 Å². The third kappa shape index (κ3) is 5.07. The van der Waals surface area contributed by atoms with E-state index in [-0.39, 0.29) is 6.03 Å². The number of aromatic nitrogens is 3. The predicted octanol–water partition coefficient (Wildman–Crippen LogP) is 5.63. The average Bonchev–Trinajstić information content (AvgIpc) is 3.14. The first-order valence-corrected chi connectivity index (χ1v) is 12.3. The highest BCUT2D eigenvalue weighted by Crippen LogP contribution is 2.34. The molecule has 4 aromatic rings. The Morgan fingerprint density at radius 1 is 1.03 bits per heavy atom.